The van der Waals surface area contributed by atoms with E-state index in [9.17, 15) is 5.11 Å². The molecule has 0 amide bonds. The van der Waals surface area contributed by atoms with E-state index in [1.165, 1.54) is 7.11 Å². The van der Waals surface area contributed by atoms with Gasteiger partial charge in [0, 0.05) is 17.7 Å². The predicted molar refractivity (Wildman–Crippen MR) is 79.4 cm³/mol. The SMILES string of the molecule is COc1cc(-c2nc3cc4c(cc3s2)OCO4)ccc1O. The summed E-state index contributed by atoms with van der Waals surface area (Å²) in [5, 5.41) is 10.5. The Morgan fingerprint density at radius 2 is 2.00 bits per heavy atom. The van der Waals surface area contributed by atoms with Crippen LogP contribution in [0.3, 0.4) is 0 Å². The number of aromatic hydroxyl groups is 1. The first-order valence-corrected chi connectivity index (χ1v) is 7.14. The molecule has 0 bridgehead atoms. The zero-order valence-electron chi connectivity index (χ0n) is 11.1. The topological polar surface area (TPSA) is 60.8 Å². The lowest BCUT2D eigenvalue weighted by Gasteiger charge is -2.04. The molecular formula is C15H11NO4S. The van der Waals surface area contributed by atoms with Crippen LogP contribution in [-0.2, 0) is 0 Å². The molecule has 0 radical (unpaired) electrons. The van der Waals surface area contributed by atoms with Crippen molar-refractivity contribution in [1.29, 1.82) is 0 Å². The van der Waals surface area contributed by atoms with Crippen LogP contribution in [0.1, 0.15) is 0 Å². The van der Waals surface area contributed by atoms with Gasteiger partial charge in [0.15, 0.2) is 23.0 Å². The van der Waals surface area contributed by atoms with Gasteiger partial charge in [0.05, 0.1) is 17.3 Å². The van der Waals surface area contributed by atoms with E-state index in [0.29, 0.717) is 5.75 Å². The van der Waals surface area contributed by atoms with Gasteiger partial charge in [0.25, 0.3) is 0 Å². The highest BCUT2D eigenvalue weighted by Gasteiger charge is 2.17. The van der Waals surface area contributed by atoms with E-state index < -0.39 is 0 Å². The first-order chi connectivity index (χ1) is 10.2. The van der Waals surface area contributed by atoms with Crippen LogP contribution >= 0.6 is 11.3 Å². The van der Waals surface area contributed by atoms with Crippen molar-refractivity contribution in [2.24, 2.45) is 0 Å². The van der Waals surface area contributed by atoms with E-state index in [4.69, 9.17) is 14.2 Å². The molecule has 2 heterocycles. The summed E-state index contributed by atoms with van der Waals surface area (Å²) in [6, 6.07) is 9.02. The summed E-state index contributed by atoms with van der Waals surface area (Å²) in [7, 11) is 1.52. The van der Waals surface area contributed by atoms with Crippen LogP contribution in [0.25, 0.3) is 20.8 Å². The number of aromatic nitrogens is 1. The van der Waals surface area contributed by atoms with Gasteiger partial charge < -0.3 is 19.3 Å². The minimum Gasteiger partial charge on any atom is -0.504 e. The Balaban J connectivity index is 1.84. The number of fused-ring (bicyclic) bond motifs is 2. The Bertz CT molecular complexity index is 802. The second-order valence-corrected chi connectivity index (χ2v) is 5.61. The van der Waals surface area contributed by atoms with Crippen LogP contribution in [0.5, 0.6) is 23.0 Å². The van der Waals surface area contributed by atoms with Gasteiger partial charge in [0.2, 0.25) is 6.79 Å². The second-order valence-electron chi connectivity index (χ2n) is 4.58. The summed E-state index contributed by atoms with van der Waals surface area (Å²) in [5.41, 5.74) is 1.76. The number of nitrogens with zero attached hydrogens (tertiary/aromatic N) is 1. The van der Waals surface area contributed by atoms with Gasteiger partial charge in [-0.1, -0.05) is 0 Å². The van der Waals surface area contributed by atoms with Gasteiger partial charge in [-0.15, -0.1) is 11.3 Å². The van der Waals surface area contributed by atoms with Crippen LogP contribution in [0.15, 0.2) is 30.3 Å². The monoisotopic (exact) mass is 301 g/mol. The highest BCUT2D eigenvalue weighted by molar-refractivity contribution is 7.21. The molecule has 0 saturated heterocycles. The van der Waals surface area contributed by atoms with Gasteiger partial charge >= 0.3 is 0 Å². The first kappa shape index (κ1) is 12.3. The number of hydrogen-bond acceptors (Lipinski definition) is 6. The van der Waals surface area contributed by atoms with Gasteiger partial charge in [-0.05, 0) is 18.2 Å². The third kappa shape index (κ3) is 1.95. The minimum atomic E-state index is 0.114. The van der Waals surface area contributed by atoms with Crippen LogP contribution < -0.4 is 14.2 Å². The normalized spacial score (nSPS) is 12.8. The Morgan fingerprint density at radius 3 is 2.81 bits per heavy atom. The zero-order chi connectivity index (χ0) is 14.4. The summed E-state index contributed by atoms with van der Waals surface area (Å²) in [4.78, 5) is 4.61. The molecule has 0 atom stereocenters. The fraction of sp³-hybridized carbons (Fsp3) is 0.133. The van der Waals surface area contributed by atoms with E-state index in [0.717, 1.165) is 32.3 Å². The van der Waals surface area contributed by atoms with Crippen LogP contribution in [0.4, 0.5) is 0 Å². The molecule has 0 spiro atoms. The average Bonchev–Trinajstić information content (AvgIpc) is 3.10. The number of methoxy groups -OCH3 is 1. The van der Waals surface area contributed by atoms with Crippen molar-refractivity contribution in [2.75, 3.05) is 13.9 Å². The lowest BCUT2D eigenvalue weighted by Crippen LogP contribution is -1.92. The number of phenolic OH excluding ortho intramolecular Hbond substituents is 1. The average molecular weight is 301 g/mol. The maximum absolute atomic E-state index is 9.66. The molecule has 21 heavy (non-hydrogen) atoms. The molecule has 0 saturated carbocycles. The molecule has 1 aliphatic rings. The van der Waals surface area contributed by atoms with E-state index in [2.05, 4.69) is 4.98 Å². The molecule has 3 aromatic rings. The largest absolute Gasteiger partial charge is 0.504 e. The van der Waals surface area contributed by atoms with Crippen LogP contribution in [-0.4, -0.2) is 24.0 Å². The lowest BCUT2D eigenvalue weighted by atomic mass is 10.2. The molecule has 1 aromatic heterocycles. The molecule has 106 valence electrons. The maximum atomic E-state index is 9.66. The second kappa shape index (κ2) is 4.53. The molecule has 2 aromatic carbocycles. The van der Waals surface area contributed by atoms with Gasteiger partial charge in [-0.2, -0.15) is 0 Å². The molecule has 1 aliphatic heterocycles. The Morgan fingerprint density at radius 1 is 1.19 bits per heavy atom. The van der Waals surface area contributed by atoms with E-state index in [1.54, 1.807) is 23.5 Å². The van der Waals surface area contributed by atoms with Crippen molar-refractivity contribution in [3.63, 3.8) is 0 Å². The molecule has 5 nitrogen and oxygen atoms in total. The minimum absolute atomic E-state index is 0.114. The maximum Gasteiger partial charge on any atom is 0.231 e. The number of benzene rings is 2. The number of ether oxygens (including phenoxy) is 3. The molecule has 0 unspecified atom stereocenters. The number of hydrogen-bond donors (Lipinski definition) is 1. The summed E-state index contributed by atoms with van der Waals surface area (Å²) < 4.78 is 16.9. The number of phenols is 1. The zero-order valence-corrected chi connectivity index (χ0v) is 11.9. The van der Waals surface area contributed by atoms with Crippen molar-refractivity contribution in [2.45, 2.75) is 0 Å². The quantitative estimate of drug-likeness (QED) is 0.786. The van der Waals surface area contributed by atoms with Crippen molar-refractivity contribution >= 4 is 21.6 Å². The van der Waals surface area contributed by atoms with Crippen molar-refractivity contribution < 1.29 is 19.3 Å². The van der Waals surface area contributed by atoms with Gasteiger partial charge in [0.1, 0.15) is 5.01 Å². The van der Waals surface area contributed by atoms with Gasteiger partial charge in [-0.25, -0.2) is 4.98 Å². The third-order valence-electron chi connectivity index (χ3n) is 3.31. The summed E-state index contributed by atoms with van der Waals surface area (Å²) in [6.45, 7) is 0.259. The van der Waals surface area contributed by atoms with Crippen molar-refractivity contribution in [3.8, 4) is 33.6 Å². The standard InChI is InChI=1S/C15H11NO4S/c1-18-11-4-8(2-3-10(11)17)15-16-9-5-12-13(20-7-19-12)6-14(9)21-15/h2-6,17H,7H2,1H3. The summed E-state index contributed by atoms with van der Waals surface area (Å²) in [5.74, 6) is 2.02. The number of rotatable bonds is 2. The van der Waals surface area contributed by atoms with E-state index >= 15 is 0 Å². The Kier molecular flexibility index (Phi) is 2.65. The van der Waals surface area contributed by atoms with Crippen molar-refractivity contribution in [1.82, 2.24) is 4.98 Å². The van der Waals surface area contributed by atoms with Crippen molar-refractivity contribution in [3.05, 3.63) is 30.3 Å². The number of thiazole rings is 1. The van der Waals surface area contributed by atoms with E-state index in [-0.39, 0.29) is 12.5 Å². The third-order valence-corrected chi connectivity index (χ3v) is 4.38. The first-order valence-electron chi connectivity index (χ1n) is 6.32. The van der Waals surface area contributed by atoms with Gasteiger partial charge in [-0.3, -0.25) is 0 Å². The highest BCUT2D eigenvalue weighted by atomic mass is 32.1. The smallest absolute Gasteiger partial charge is 0.231 e. The van der Waals surface area contributed by atoms with Crippen LogP contribution in [0, 0.1) is 0 Å². The molecule has 0 aliphatic carbocycles. The molecular weight excluding hydrogens is 290 g/mol. The Labute approximate surface area is 124 Å². The summed E-state index contributed by atoms with van der Waals surface area (Å²) in [6.07, 6.45) is 0. The lowest BCUT2D eigenvalue weighted by molar-refractivity contribution is 0.174. The fourth-order valence-corrected chi connectivity index (χ4v) is 3.22. The molecule has 4 rings (SSSR count). The Hall–Kier alpha value is -2.47. The molecule has 1 N–H and O–H groups in total. The fourth-order valence-electron chi connectivity index (χ4n) is 2.25. The highest BCUT2D eigenvalue weighted by Crippen LogP contribution is 2.41. The summed E-state index contributed by atoms with van der Waals surface area (Å²) >= 11 is 1.56. The van der Waals surface area contributed by atoms with E-state index in [1.807, 2.05) is 18.2 Å². The molecule has 6 heteroatoms. The predicted octanol–water partition coefficient (Wildman–Crippen LogP) is 3.41. The molecule has 0 fully saturated rings. The van der Waals surface area contributed by atoms with Crippen LogP contribution in [0.2, 0.25) is 0 Å².